The van der Waals surface area contributed by atoms with E-state index in [4.69, 9.17) is 0 Å². The van der Waals surface area contributed by atoms with Gasteiger partial charge in [-0.15, -0.1) is 0 Å². The molecule has 2 saturated heterocycles. The van der Waals surface area contributed by atoms with Crippen LogP contribution in [0.15, 0.2) is 59.8 Å². The first-order valence-corrected chi connectivity index (χ1v) is 11.2. The van der Waals surface area contributed by atoms with Crippen LogP contribution < -0.4 is 10.7 Å². The van der Waals surface area contributed by atoms with Gasteiger partial charge in [0.25, 0.3) is 0 Å². The van der Waals surface area contributed by atoms with Crippen molar-refractivity contribution in [1.29, 1.82) is 0 Å². The highest BCUT2D eigenvalue weighted by Crippen LogP contribution is 2.33. The molecule has 5 heterocycles. The van der Waals surface area contributed by atoms with Gasteiger partial charge in [0.2, 0.25) is 0 Å². The third-order valence-electron chi connectivity index (χ3n) is 7.00. The molecule has 0 spiro atoms. The predicted octanol–water partition coefficient (Wildman–Crippen LogP) is 3.61. The molecule has 6 nitrogen and oxygen atoms in total. The summed E-state index contributed by atoms with van der Waals surface area (Å²) in [5, 5.41) is 5.12. The highest BCUT2D eigenvalue weighted by Gasteiger charge is 2.29. The lowest BCUT2D eigenvalue weighted by Crippen LogP contribution is -2.40. The third kappa shape index (κ3) is 3.36. The smallest absolute Gasteiger partial charge is 0.190 e. The van der Waals surface area contributed by atoms with E-state index in [1.165, 1.54) is 11.1 Å². The minimum Gasteiger partial charge on any atom is -0.346 e. The molecule has 0 saturated carbocycles. The molecule has 0 amide bonds. The van der Waals surface area contributed by atoms with Crippen LogP contribution in [0.2, 0.25) is 0 Å². The van der Waals surface area contributed by atoms with E-state index < -0.39 is 0 Å². The summed E-state index contributed by atoms with van der Waals surface area (Å²) in [5.41, 5.74) is 4.64. The van der Waals surface area contributed by atoms with Crippen LogP contribution in [0, 0.1) is 5.92 Å². The lowest BCUT2D eigenvalue weighted by atomic mass is 9.92. The fraction of sp³-hybridized carbons (Fsp3) is 0.360. The standard InChI is InChI=1S/C25H27N5O/c1-16-6-9-29(14-17-3-2-4-18(11-17)21-13-27-21)15-22(16)30-10-7-23(31)20-12-28-25-19(24(20)30)5-8-26-25/h2-5,7-8,10-12,16,21-22,27H,6,9,13-15H2,1H3,(H,26,28)/t16-,21?,22+/m1/s1. The average Bonchev–Trinajstić information content (AvgIpc) is 3.52. The van der Waals surface area contributed by atoms with Crippen molar-refractivity contribution in [3.8, 4) is 0 Å². The second kappa shape index (κ2) is 7.32. The predicted molar refractivity (Wildman–Crippen MR) is 123 cm³/mol. The van der Waals surface area contributed by atoms with Crippen molar-refractivity contribution in [2.75, 3.05) is 19.6 Å². The zero-order chi connectivity index (χ0) is 20.9. The van der Waals surface area contributed by atoms with Gasteiger partial charge in [-0.05, 0) is 36.1 Å². The number of hydrogen-bond acceptors (Lipinski definition) is 4. The van der Waals surface area contributed by atoms with Crippen LogP contribution in [0.3, 0.4) is 0 Å². The molecular formula is C25H27N5O. The number of rotatable bonds is 4. The van der Waals surface area contributed by atoms with E-state index in [2.05, 4.69) is 55.9 Å². The van der Waals surface area contributed by atoms with Crippen molar-refractivity contribution < 1.29 is 0 Å². The number of benzene rings is 1. The van der Waals surface area contributed by atoms with E-state index >= 15 is 0 Å². The summed E-state index contributed by atoms with van der Waals surface area (Å²) in [4.78, 5) is 22.8. The summed E-state index contributed by atoms with van der Waals surface area (Å²) >= 11 is 0. The van der Waals surface area contributed by atoms with Gasteiger partial charge in [-0.3, -0.25) is 9.69 Å². The Morgan fingerprint density at radius 3 is 2.97 bits per heavy atom. The number of fused-ring (bicyclic) bond motifs is 3. The maximum atomic E-state index is 12.6. The number of aromatic amines is 1. The fourth-order valence-electron chi connectivity index (χ4n) is 5.12. The average molecular weight is 414 g/mol. The van der Waals surface area contributed by atoms with E-state index in [0.29, 0.717) is 23.4 Å². The topological polar surface area (TPSA) is 75.9 Å². The van der Waals surface area contributed by atoms with Gasteiger partial charge in [0.05, 0.1) is 10.9 Å². The quantitative estimate of drug-likeness (QED) is 0.501. The maximum Gasteiger partial charge on any atom is 0.190 e. The van der Waals surface area contributed by atoms with E-state index in [-0.39, 0.29) is 5.43 Å². The van der Waals surface area contributed by atoms with Crippen molar-refractivity contribution in [3.63, 3.8) is 0 Å². The van der Waals surface area contributed by atoms with Crippen LogP contribution in [0.25, 0.3) is 21.9 Å². The first-order valence-electron chi connectivity index (χ1n) is 11.2. The van der Waals surface area contributed by atoms with Crippen LogP contribution in [0.1, 0.15) is 36.6 Å². The molecule has 2 N–H and O–H groups in total. The number of pyridine rings is 2. The van der Waals surface area contributed by atoms with Gasteiger partial charge in [0, 0.05) is 61.8 Å². The zero-order valence-electron chi connectivity index (χ0n) is 17.7. The SMILES string of the molecule is C[C@@H]1CCN(Cc2cccc(C3CN3)c2)C[C@@H]1n1ccc(=O)c2cnc3[nH]ccc3c21. The van der Waals surface area contributed by atoms with Gasteiger partial charge >= 0.3 is 0 Å². The molecule has 2 aliphatic rings. The van der Waals surface area contributed by atoms with Crippen LogP contribution in [-0.2, 0) is 6.54 Å². The minimum atomic E-state index is 0.0349. The molecule has 3 atom stereocenters. The van der Waals surface area contributed by atoms with Crippen molar-refractivity contribution in [1.82, 2.24) is 24.8 Å². The van der Waals surface area contributed by atoms with Crippen LogP contribution in [0.5, 0.6) is 0 Å². The molecule has 2 aliphatic heterocycles. The number of hydrogen-bond donors (Lipinski definition) is 2. The summed E-state index contributed by atoms with van der Waals surface area (Å²) < 4.78 is 2.33. The van der Waals surface area contributed by atoms with Gasteiger partial charge in [0.15, 0.2) is 5.43 Å². The summed E-state index contributed by atoms with van der Waals surface area (Å²) in [7, 11) is 0. The number of likely N-dealkylation sites (tertiary alicyclic amines) is 1. The summed E-state index contributed by atoms with van der Waals surface area (Å²) in [6.45, 7) is 6.46. The monoisotopic (exact) mass is 413 g/mol. The highest BCUT2D eigenvalue weighted by molar-refractivity contribution is 6.02. The van der Waals surface area contributed by atoms with Gasteiger partial charge in [-0.25, -0.2) is 4.98 Å². The molecule has 6 rings (SSSR count). The van der Waals surface area contributed by atoms with Crippen LogP contribution in [0.4, 0.5) is 0 Å². The molecule has 6 heteroatoms. The Morgan fingerprint density at radius 1 is 1.19 bits per heavy atom. The largest absolute Gasteiger partial charge is 0.346 e. The number of piperidine rings is 1. The zero-order valence-corrected chi connectivity index (χ0v) is 17.7. The Labute approximate surface area is 180 Å². The molecule has 3 aromatic heterocycles. The molecule has 158 valence electrons. The first kappa shape index (κ1) is 18.8. The molecule has 31 heavy (non-hydrogen) atoms. The maximum absolute atomic E-state index is 12.6. The number of aromatic nitrogens is 3. The molecule has 0 bridgehead atoms. The minimum absolute atomic E-state index is 0.0349. The Hall–Kier alpha value is -2.96. The van der Waals surface area contributed by atoms with E-state index in [1.807, 2.05) is 18.5 Å². The van der Waals surface area contributed by atoms with E-state index in [9.17, 15) is 4.79 Å². The molecule has 1 aromatic carbocycles. The normalized spacial score (nSPS) is 24.1. The molecular weight excluding hydrogens is 386 g/mol. The Balaban J connectivity index is 1.35. The first-order chi connectivity index (χ1) is 15.2. The lowest BCUT2D eigenvalue weighted by molar-refractivity contribution is 0.128. The fourth-order valence-corrected chi connectivity index (χ4v) is 5.12. The lowest BCUT2D eigenvalue weighted by Gasteiger charge is -2.39. The molecule has 0 radical (unpaired) electrons. The number of nitrogens with zero attached hydrogens (tertiary/aromatic N) is 3. The molecule has 1 unspecified atom stereocenters. The third-order valence-corrected chi connectivity index (χ3v) is 7.00. The Kier molecular flexibility index (Phi) is 4.44. The van der Waals surface area contributed by atoms with Crippen molar-refractivity contribution in [3.05, 3.63) is 76.3 Å². The van der Waals surface area contributed by atoms with Crippen LogP contribution >= 0.6 is 0 Å². The van der Waals surface area contributed by atoms with Crippen LogP contribution in [-0.4, -0.2) is 39.1 Å². The number of H-pyrrole nitrogens is 1. The summed E-state index contributed by atoms with van der Waals surface area (Å²) in [6.07, 6.45) is 6.75. The highest BCUT2D eigenvalue weighted by atomic mass is 16.1. The van der Waals surface area contributed by atoms with Crippen molar-refractivity contribution in [2.45, 2.75) is 32.0 Å². The van der Waals surface area contributed by atoms with E-state index in [0.717, 1.165) is 49.1 Å². The molecule has 0 aliphatic carbocycles. The summed E-state index contributed by atoms with van der Waals surface area (Å²) in [5.74, 6) is 0.533. The van der Waals surface area contributed by atoms with Gasteiger partial charge in [-0.2, -0.15) is 0 Å². The van der Waals surface area contributed by atoms with E-state index in [1.54, 1.807) is 12.3 Å². The van der Waals surface area contributed by atoms with Gasteiger partial charge in [0.1, 0.15) is 5.65 Å². The van der Waals surface area contributed by atoms with Gasteiger partial charge < -0.3 is 14.9 Å². The van der Waals surface area contributed by atoms with Gasteiger partial charge in [-0.1, -0.05) is 31.2 Å². The van der Waals surface area contributed by atoms with Crippen molar-refractivity contribution in [2.24, 2.45) is 5.92 Å². The summed E-state index contributed by atoms with van der Waals surface area (Å²) in [6, 6.07) is 13.6. The van der Waals surface area contributed by atoms with Crippen molar-refractivity contribution >= 4 is 21.9 Å². The number of nitrogens with one attached hydrogen (secondary N) is 2. The Bertz CT molecular complexity index is 1320. The second-order valence-electron chi connectivity index (χ2n) is 9.12. The molecule has 2 fully saturated rings. The second-order valence-corrected chi connectivity index (χ2v) is 9.12. The molecule has 4 aromatic rings. The Morgan fingerprint density at radius 2 is 2.10 bits per heavy atom.